The maximum atomic E-state index is 12.1. The lowest BCUT2D eigenvalue weighted by atomic mass is 10.0. The minimum Gasteiger partial charge on any atom is -0.464 e. The predicted molar refractivity (Wildman–Crippen MR) is 89.9 cm³/mol. The van der Waals surface area contributed by atoms with Gasteiger partial charge in [-0.25, -0.2) is 0 Å². The van der Waals surface area contributed by atoms with Crippen LogP contribution < -0.4 is 4.90 Å². The molecule has 0 aromatic heterocycles. The van der Waals surface area contributed by atoms with Crippen LogP contribution in [0.4, 0.5) is 5.69 Å². The molecule has 1 heterocycles. The van der Waals surface area contributed by atoms with Crippen LogP contribution in [-0.2, 0) is 20.7 Å². The van der Waals surface area contributed by atoms with E-state index in [1.807, 2.05) is 18.2 Å². The van der Waals surface area contributed by atoms with Crippen LogP contribution in [0.15, 0.2) is 22.7 Å². The van der Waals surface area contributed by atoms with Gasteiger partial charge in [-0.05, 0) is 36.6 Å². The third-order valence-electron chi connectivity index (χ3n) is 3.79. The number of rotatable bonds is 7. The quantitative estimate of drug-likeness (QED) is 0.543. The van der Waals surface area contributed by atoms with E-state index in [9.17, 15) is 9.59 Å². The molecule has 0 bridgehead atoms. The second kappa shape index (κ2) is 8.32. The fourth-order valence-corrected chi connectivity index (χ4v) is 3.00. The molecule has 0 saturated heterocycles. The van der Waals surface area contributed by atoms with E-state index in [0.29, 0.717) is 13.0 Å². The van der Waals surface area contributed by atoms with Gasteiger partial charge in [0.1, 0.15) is 6.54 Å². The molecule has 4 nitrogen and oxygen atoms in total. The minimum absolute atomic E-state index is 0.00123. The monoisotopic (exact) mass is 367 g/mol. The molecular formula is C17H22BrNO3. The summed E-state index contributed by atoms with van der Waals surface area (Å²) in [7, 11) is 0. The molecule has 1 aromatic carbocycles. The van der Waals surface area contributed by atoms with E-state index in [1.165, 1.54) is 0 Å². The second-order valence-electron chi connectivity index (χ2n) is 5.53. The summed E-state index contributed by atoms with van der Waals surface area (Å²) in [5.41, 5.74) is 1.91. The molecule has 22 heavy (non-hydrogen) atoms. The average molecular weight is 368 g/mol. The van der Waals surface area contributed by atoms with Crippen LogP contribution in [0.25, 0.3) is 0 Å². The van der Waals surface area contributed by atoms with Gasteiger partial charge in [0.2, 0.25) is 5.91 Å². The summed E-state index contributed by atoms with van der Waals surface area (Å²) in [6, 6.07) is 5.77. The van der Waals surface area contributed by atoms with Crippen molar-refractivity contribution in [3.63, 3.8) is 0 Å². The molecule has 1 aliphatic heterocycles. The van der Waals surface area contributed by atoms with Gasteiger partial charge >= 0.3 is 5.97 Å². The van der Waals surface area contributed by atoms with Crippen molar-refractivity contribution >= 4 is 33.5 Å². The van der Waals surface area contributed by atoms with E-state index in [1.54, 1.807) is 4.90 Å². The highest BCUT2D eigenvalue weighted by molar-refractivity contribution is 9.10. The number of carbonyl (C=O) groups excluding carboxylic acids is 2. The standard InChI is InChI=1S/C17H22BrNO3/c1-2-3-4-5-10-22-17(21)12-19-15-8-7-14(18)11-13(15)6-9-16(19)20/h7-8,11H,2-6,9-10,12H2,1H3. The second-order valence-corrected chi connectivity index (χ2v) is 6.45. The van der Waals surface area contributed by atoms with Crippen molar-refractivity contribution in [3.05, 3.63) is 28.2 Å². The highest BCUT2D eigenvalue weighted by Crippen LogP contribution is 2.30. The van der Waals surface area contributed by atoms with Crippen molar-refractivity contribution in [1.82, 2.24) is 0 Å². The van der Waals surface area contributed by atoms with Gasteiger partial charge in [0.05, 0.1) is 6.61 Å². The highest BCUT2D eigenvalue weighted by Gasteiger charge is 2.26. The van der Waals surface area contributed by atoms with E-state index < -0.39 is 0 Å². The molecule has 2 rings (SSSR count). The number of esters is 1. The highest BCUT2D eigenvalue weighted by atomic mass is 79.9. The smallest absolute Gasteiger partial charge is 0.326 e. The normalized spacial score (nSPS) is 13.9. The zero-order valence-electron chi connectivity index (χ0n) is 12.9. The molecule has 0 fully saturated rings. The number of anilines is 1. The first-order chi connectivity index (χ1) is 10.6. The lowest BCUT2D eigenvalue weighted by Gasteiger charge is -2.28. The average Bonchev–Trinajstić information content (AvgIpc) is 2.50. The van der Waals surface area contributed by atoms with Gasteiger partial charge in [-0.3, -0.25) is 9.59 Å². The van der Waals surface area contributed by atoms with Crippen molar-refractivity contribution in [2.45, 2.75) is 45.4 Å². The largest absolute Gasteiger partial charge is 0.464 e. The Kier molecular flexibility index (Phi) is 6.43. The Hall–Kier alpha value is -1.36. The zero-order chi connectivity index (χ0) is 15.9. The Bertz CT molecular complexity index is 545. The topological polar surface area (TPSA) is 46.6 Å². The van der Waals surface area contributed by atoms with Crippen LogP contribution in [0, 0.1) is 0 Å². The number of carbonyl (C=O) groups is 2. The molecule has 0 saturated carbocycles. The van der Waals surface area contributed by atoms with E-state index in [0.717, 1.165) is 47.8 Å². The Labute approximate surface area is 140 Å². The minimum atomic E-state index is -0.333. The Morgan fingerprint density at radius 2 is 2.09 bits per heavy atom. The molecule has 5 heteroatoms. The number of nitrogens with zero attached hydrogens (tertiary/aromatic N) is 1. The summed E-state index contributed by atoms with van der Waals surface area (Å²) in [6.45, 7) is 2.58. The Morgan fingerprint density at radius 1 is 1.27 bits per heavy atom. The van der Waals surface area contributed by atoms with Gasteiger partial charge in [-0.2, -0.15) is 0 Å². The fraction of sp³-hybridized carbons (Fsp3) is 0.529. The predicted octanol–water partition coefficient (Wildman–Crippen LogP) is 3.85. The van der Waals surface area contributed by atoms with Gasteiger partial charge < -0.3 is 9.64 Å². The molecule has 0 atom stereocenters. The lowest BCUT2D eigenvalue weighted by Crippen LogP contribution is -2.39. The Morgan fingerprint density at radius 3 is 2.86 bits per heavy atom. The maximum Gasteiger partial charge on any atom is 0.326 e. The molecule has 0 unspecified atom stereocenters. The van der Waals surface area contributed by atoms with E-state index in [2.05, 4.69) is 22.9 Å². The third-order valence-corrected chi connectivity index (χ3v) is 4.28. The van der Waals surface area contributed by atoms with Crippen LogP contribution in [0.3, 0.4) is 0 Å². The number of unbranched alkanes of at least 4 members (excludes halogenated alkanes) is 3. The summed E-state index contributed by atoms with van der Waals surface area (Å²) in [5.74, 6) is -0.349. The number of hydrogen-bond donors (Lipinski definition) is 0. The van der Waals surface area contributed by atoms with Crippen molar-refractivity contribution in [1.29, 1.82) is 0 Å². The summed E-state index contributed by atoms with van der Waals surface area (Å²) >= 11 is 3.44. The number of ether oxygens (including phenoxy) is 1. The van der Waals surface area contributed by atoms with Gasteiger partial charge in [0, 0.05) is 16.6 Å². The number of fused-ring (bicyclic) bond motifs is 1. The van der Waals surface area contributed by atoms with Crippen LogP contribution >= 0.6 is 15.9 Å². The zero-order valence-corrected chi connectivity index (χ0v) is 14.5. The molecule has 0 N–H and O–H groups in total. The van der Waals surface area contributed by atoms with Gasteiger partial charge in [0.15, 0.2) is 0 Å². The van der Waals surface area contributed by atoms with Gasteiger partial charge in [0.25, 0.3) is 0 Å². The maximum absolute atomic E-state index is 12.1. The summed E-state index contributed by atoms with van der Waals surface area (Å²) in [5, 5.41) is 0. The van der Waals surface area contributed by atoms with E-state index in [4.69, 9.17) is 4.74 Å². The van der Waals surface area contributed by atoms with Crippen molar-refractivity contribution in [2.75, 3.05) is 18.1 Å². The molecule has 1 aliphatic rings. The molecule has 0 radical (unpaired) electrons. The SMILES string of the molecule is CCCCCCOC(=O)CN1C(=O)CCc2cc(Br)ccc21. The molecule has 1 aromatic rings. The first-order valence-corrected chi connectivity index (χ1v) is 8.65. The van der Waals surface area contributed by atoms with Crippen LogP contribution in [-0.4, -0.2) is 25.0 Å². The first kappa shape index (κ1) is 17.0. The Balaban J connectivity index is 1.92. The molecular weight excluding hydrogens is 346 g/mol. The number of amides is 1. The van der Waals surface area contributed by atoms with Crippen molar-refractivity contribution in [3.8, 4) is 0 Å². The summed E-state index contributed by atoms with van der Waals surface area (Å²) in [4.78, 5) is 25.6. The van der Waals surface area contributed by atoms with Gasteiger partial charge in [-0.1, -0.05) is 42.1 Å². The molecule has 0 spiro atoms. The first-order valence-electron chi connectivity index (χ1n) is 7.86. The lowest BCUT2D eigenvalue weighted by molar-refractivity contribution is -0.143. The molecule has 120 valence electrons. The van der Waals surface area contributed by atoms with E-state index >= 15 is 0 Å². The summed E-state index contributed by atoms with van der Waals surface area (Å²) in [6.07, 6.45) is 5.43. The van der Waals surface area contributed by atoms with Gasteiger partial charge in [-0.15, -0.1) is 0 Å². The summed E-state index contributed by atoms with van der Waals surface area (Å²) < 4.78 is 6.22. The van der Waals surface area contributed by atoms with E-state index in [-0.39, 0.29) is 18.4 Å². The fourth-order valence-electron chi connectivity index (χ4n) is 2.59. The van der Waals surface area contributed by atoms with Crippen LogP contribution in [0.5, 0.6) is 0 Å². The van der Waals surface area contributed by atoms with Crippen LogP contribution in [0.1, 0.15) is 44.6 Å². The third kappa shape index (κ3) is 4.57. The van der Waals surface area contributed by atoms with Crippen molar-refractivity contribution < 1.29 is 14.3 Å². The number of halogens is 1. The number of aryl methyl sites for hydroxylation is 1. The number of hydrogen-bond acceptors (Lipinski definition) is 3. The van der Waals surface area contributed by atoms with Crippen LogP contribution in [0.2, 0.25) is 0 Å². The molecule has 0 aliphatic carbocycles. The molecule has 1 amide bonds. The number of benzene rings is 1. The van der Waals surface area contributed by atoms with Crippen molar-refractivity contribution in [2.24, 2.45) is 0 Å².